The number of hydrogen-bond acceptors (Lipinski definition) is 1. The first kappa shape index (κ1) is 6.85. The van der Waals surface area contributed by atoms with Crippen molar-refractivity contribution in [1.29, 1.82) is 0 Å². The highest BCUT2D eigenvalue weighted by Gasteiger charge is 2.01. The Morgan fingerprint density at radius 2 is 2.25 bits per heavy atom. The summed E-state index contributed by atoms with van der Waals surface area (Å²) in [5.41, 5.74) is 7.81. The van der Waals surface area contributed by atoms with Crippen molar-refractivity contribution in [2.75, 3.05) is 14.1 Å². The average molecular weight is 113 g/mol. The molecule has 1 amide bonds. The molecule has 0 saturated carbocycles. The van der Waals surface area contributed by atoms with E-state index in [1.165, 1.54) is 4.90 Å². The number of nitrogens with zero attached hydrogens (tertiary/aromatic N) is 3. The Balaban J connectivity index is 3.84. The Bertz CT molecular complexity index is 134. The second kappa shape index (κ2) is 2.93. The molecule has 0 radical (unpaired) electrons. The van der Waals surface area contributed by atoms with Crippen LogP contribution in [0.3, 0.4) is 0 Å². The fourth-order valence-electron chi connectivity index (χ4n) is 0.165. The third-order valence-electron chi connectivity index (χ3n) is 0.609. The minimum absolute atomic E-state index is 0.326. The van der Waals surface area contributed by atoms with Crippen LogP contribution in [-0.4, -0.2) is 35.9 Å². The fraction of sp³-hybridized carbons (Fsp3) is 0.500. The predicted molar refractivity (Wildman–Crippen MR) is 28.4 cm³/mol. The molecule has 0 N–H and O–H groups in total. The van der Waals surface area contributed by atoms with E-state index in [2.05, 4.69) is 4.79 Å². The first-order valence-electron chi connectivity index (χ1n) is 2.07. The Morgan fingerprint density at radius 1 is 1.75 bits per heavy atom. The van der Waals surface area contributed by atoms with Crippen LogP contribution in [0.15, 0.2) is 0 Å². The van der Waals surface area contributed by atoms with Gasteiger partial charge in [-0.05, 0) is 0 Å². The smallest absolute Gasteiger partial charge is 0.344 e. The maximum atomic E-state index is 10.4. The third-order valence-corrected chi connectivity index (χ3v) is 0.609. The summed E-state index contributed by atoms with van der Waals surface area (Å²) in [7, 11) is 3.15. The molecular weight excluding hydrogens is 106 g/mol. The van der Waals surface area contributed by atoms with Crippen molar-refractivity contribution in [1.82, 2.24) is 4.90 Å². The molecule has 0 bridgehead atoms. The van der Waals surface area contributed by atoms with Gasteiger partial charge < -0.3 is 10.4 Å². The monoisotopic (exact) mass is 113 g/mol. The van der Waals surface area contributed by atoms with E-state index in [1.54, 1.807) is 14.1 Å². The first-order valence-corrected chi connectivity index (χ1v) is 2.07. The van der Waals surface area contributed by atoms with Gasteiger partial charge in [0.25, 0.3) is 0 Å². The molecule has 0 fully saturated rings. The number of carbonyl (C=O) groups excluding carboxylic acids is 1. The summed E-state index contributed by atoms with van der Waals surface area (Å²) in [6.45, 7) is 0. The number of amides is 1. The normalized spacial score (nSPS) is 7.25. The van der Waals surface area contributed by atoms with Crippen molar-refractivity contribution in [3.05, 3.63) is 5.53 Å². The Hall–Kier alpha value is -1.15. The van der Waals surface area contributed by atoms with Crippen LogP contribution in [-0.2, 0) is 4.79 Å². The number of hydrogen-bond donors (Lipinski definition) is 0. The van der Waals surface area contributed by atoms with Crippen molar-refractivity contribution in [3.8, 4) is 0 Å². The van der Waals surface area contributed by atoms with E-state index in [4.69, 9.17) is 5.53 Å². The van der Waals surface area contributed by atoms with E-state index in [0.717, 1.165) is 6.21 Å². The van der Waals surface area contributed by atoms with Gasteiger partial charge in [-0.15, -0.1) is 0 Å². The molecule has 0 aromatic carbocycles. The lowest BCUT2D eigenvalue weighted by Gasteiger charge is -1.99. The number of rotatable bonds is 1. The first-order chi connectivity index (χ1) is 3.68. The maximum absolute atomic E-state index is 10.4. The fourth-order valence-corrected chi connectivity index (χ4v) is 0.165. The zero-order chi connectivity index (χ0) is 6.57. The topological polar surface area (TPSA) is 56.7 Å². The second-order valence-electron chi connectivity index (χ2n) is 1.48. The zero-order valence-corrected chi connectivity index (χ0v) is 4.83. The Labute approximate surface area is 47.3 Å². The SMILES string of the molecule is CN(C)C(=O)C=[N+]=[N-]. The molecule has 0 aliphatic heterocycles. The lowest BCUT2D eigenvalue weighted by molar-refractivity contribution is -0.124. The maximum Gasteiger partial charge on any atom is 0.344 e. The molecule has 0 aromatic rings. The zero-order valence-electron chi connectivity index (χ0n) is 4.83. The lowest BCUT2D eigenvalue weighted by atomic mass is 10.6. The molecule has 0 heterocycles. The van der Waals surface area contributed by atoms with Gasteiger partial charge >= 0.3 is 12.1 Å². The van der Waals surface area contributed by atoms with Gasteiger partial charge in [0, 0.05) is 14.1 Å². The summed E-state index contributed by atoms with van der Waals surface area (Å²) in [6.07, 6.45) is 0.833. The van der Waals surface area contributed by atoms with Crippen LogP contribution in [0.2, 0.25) is 0 Å². The summed E-state index contributed by atoms with van der Waals surface area (Å²) in [6, 6.07) is 0. The predicted octanol–water partition coefficient (Wildman–Crippen LogP) is -0.625. The molecule has 0 atom stereocenters. The van der Waals surface area contributed by atoms with E-state index in [0.29, 0.717) is 0 Å². The standard InChI is InChI=1S/C4H7N3O/c1-7(2)4(8)3-6-5/h3H,1-2H3. The Morgan fingerprint density at radius 3 is 2.38 bits per heavy atom. The molecule has 0 aliphatic rings. The van der Waals surface area contributed by atoms with Crippen molar-refractivity contribution in [2.45, 2.75) is 0 Å². The van der Waals surface area contributed by atoms with E-state index in [-0.39, 0.29) is 5.91 Å². The van der Waals surface area contributed by atoms with Crippen molar-refractivity contribution < 1.29 is 9.58 Å². The number of carbonyl (C=O) groups is 1. The minimum atomic E-state index is -0.326. The largest absolute Gasteiger partial charge is 0.361 e. The summed E-state index contributed by atoms with van der Waals surface area (Å²) in [4.78, 5) is 14.2. The molecule has 44 valence electrons. The van der Waals surface area contributed by atoms with Crippen molar-refractivity contribution >= 4 is 12.1 Å². The minimum Gasteiger partial charge on any atom is -0.361 e. The van der Waals surface area contributed by atoms with Crippen LogP contribution in [0.25, 0.3) is 5.53 Å². The van der Waals surface area contributed by atoms with Crippen LogP contribution in [0.1, 0.15) is 0 Å². The molecule has 0 rings (SSSR count). The molecule has 0 unspecified atom stereocenters. The lowest BCUT2D eigenvalue weighted by Crippen LogP contribution is -2.22. The van der Waals surface area contributed by atoms with Gasteiger partial charge in [0.05, 0.1) is 0 Å². The second-order valence-corrected chi connectivity index (χ2v) is 1.48. The summed E-state index contributed by atoms with van der Waals surface area (Å²) >= 11 is 0. The Kier molecular flexibility index (Phi) is 2.51. The molecule has 0 aromatic heterocycles. The summed E-state index contributed by atoms with van der Waals surface area (Å²) < 4.78 is 0. The molecule has 8 heavy (non-hydrogen) atoms. The van der Waals surface area contributed by atoms with Crippen LogP contribution < -0.4 is 0 Å². The van der Waals surface area contributed by atoms with E-state index in [1.807, 2.05) is 0 Å². The third kappa shape index (κ3) is 2.10. The van der Waals surface area contributed by atoms with Gasteiger partial charge in [-0.1, -0.05) is 0 Å². The highest BCUT2D eigenvalue weighted by Crippen LogP contribution is 1.68. The van der Waals surface area contributed by atoms with Crippen LogP contribution in [0.5, 0.6) is 0 Å². The van der Waals surface area contributed by atoms with Gasteiger partial charge in [-0.25, -0.2) is 0 Å². The van der Waals surface area contributed by atoms with E-state index >= 15 is 0 Å². The van der Waals surface area contributed by atoms with Crippen LogP contribution >= 0.6 is 0 Å². The van der Waals surface area contributed by atoms with Gasteiger partial charge in [0.15, 0.2) is 0 Å². The highest BCUT2D eigenvalue weighted by atomic mass is 16.2. The molecule has 0 aliphatic carbocycles. The van der Waals surface area contributed by atoms with Gasteiger partial charge in [-0.3, -0.25) is 4.79 Å². The van der Waals surface area contributed by atoms with Crippen molar-refractivity contribution in [2.24, 2.45) is 0 Å². The molecule has 0 spiro atoms. The van der Waals surface area contributed by atoms with E-state index in [9.17, 15) is 4.79 Å². The quantitative estimate of drug-likeness (QED) is 0.254. The van der Waals surface area contributed by atoms with Crippen LogP contribution in [0.4, 0.5) is 0 Å². The van der Waals surface area contributed by atoms with Gasteiger partial charge in [-0.2, -0.15) is 4.79 Å². The molecular formula is C4H7N3O. The highest BCUT2D eigenvalue weighted by molar-refractivity contribution is 6.23. The van der Waals surface area contributed by atoms with Gasteiger partial charge in [0.1, 0.15) is 0 Å². The molecule has 4 heteroatoms. The average Bonchev–Trinajstić information content (AvgIpc) is 1.67. The summed E-state index contributed by atoms with van der Waals surface area (Å²) in [5.74, 6) is -0.326. The summed E-state index contributed by atoms with van der Waals surface area (Å²) in [5, 5.41) is 0. The van der Waals surface area contributed by atoms with E-state index < -0.39 is 0 Å². The van der Waals surface area contributed by atoms with Crippen molar-refractivity contribution in [3.63, 3.8) is 0 Å². The van der Waals surface area contributed by atoms with Gasteiger partial charge in [0.2, 0.25) is 0 Å². The molecule has 4 nitrogen and oxygen atoms in total. The van der Waals surface area contributed by atoms with Crippen LogP contribution in [0, 0.1) is 0 Å². The molecule has 0 saturated heterocycles.